The summed E-state index contributed by atoms with van der Waals surface area (Å²) in [4.78, 5) is 31.7. The first kappa shape index (κ1) is 18.2. The molecule has 9 nitrogen and oxygen atoms in total. The number of rotatable bonds is 6. The van der Waals surface area contributed by atoms with Gasteiger partial charge in [-0.3, -0.25) is 4.79 Å². The molecule has 24 heavy (non-hydrogen) atoms. The van der Waals surface area contributed by atoms with E-state index in [1.165, 1.54) is 11.5 Å². The van der Waals surface area contributed by atoms with Crippen molar-refractivity contribution in [2.24, 2.45) is 5.41 Å². The molecular weight excluding hydrogens is 332 g/mol. The first-order chi connectivity index (χ1) is 11.4. The lowest BCUT2D eigenvalue weighted by Crippen LogP contribution is -2.53. The Hall–Kier alpha value is -2.10. The van der Waals surface area contributed by atoms with Crippen LogP contribution < -0.4 is 16.0 Å². The van der Waals surface area contributed by atoms with Gasteiger partial charge in [0.2, 0.25) is 11.1 Å². The van der Waals surface area contributed by atoms with Gasteiger partial charge in [0.1, 0.15) is 0 Å². The number of carboxylic acids is 1. The van der Waals surface area contributed by atoms with Crippen LogP contribution in [0.3, 0.4) is 0 Å². The van der Waals surface area contributed by atoms with Gasteiger partial charge in [-0.2, -0.15) is 9.36 Å². The predicted octanol–water partition coefficient (Wildman–Crippen LogP) is 0.843. The van der Waals surface area contributed by atoms with Crippen LogP contribution in [-0.4, -0.2) is 64.1 Å². The van der Waals surface area contributed by atoms with E-state index in [0.29, 0.717) is 39.0 Å². The number of aromatic nitrogens is 2. The van der Waals surface area contributed by atoms with Crippen LogP contribution in [0.25, 0.3) is 0 Å². The van der Waals surface area contributed by atoms with Gasteiger partial charge in [0.15, 0.2) is 0 Å². The fourth-order valence-electron chi connectivity index (χ4n) is 2.69. The molecule has 0 saturated carbocycles. The number of nitrogens with zero attached hydrogens (tertiary/aromatic N) is 4. The van der Waals surface area contributed by atoms with Gasteiger partial charge in [-0.15, -0.1) is 0 Å². The molecule has 0 bridgehead atoms. The standard InChI is InChI=1S/C14H24N6O3S/c1-3-14(4-2,10(21)22)9-16-12(23)19-5-7-20(8-6-19)13-17-11(15)18-24-13/h3-9H2,1-2H3,(H2,15,18)(H,16,23)(H,21,22). The van der Waals surface area contributed by atoms with Gasteiger partial charge < -0.3 is 26.0 Å². The van der Waals surface area contributed by atoms with E-state index in [1.54, 1.807) is 4.90 Å². The molecule has 1 aliphatic heterocycles. The maximum atomic E-state index is 12.3. The molecule has 2 rings (SSSR count). The second kappa shape index (κ2) is 7.65. The Labute approximate surface area is 145 Å². The van der Waals surface area contributed by atoms with E-state index in [9.17, 15) is 14.7 Å². The Morgan fingerprint density at radius 1 is 1.29 bits per heavy atom. The lowest BCUT2D eigenvalue weighted by atomic mass is 9.82. The zero-order valence-electron chi connectivity index (χ0n) is 14.0. The SMILES string of the molecule is CCC(CC)(CNC(=O)N1CCN(c2nc(N)ns2)CC1)C(=O)O. The third-order valence-corrected chi connectivity index (χ3v) is 5.44. The van der Waals surface area contributed by atoms with Crippen molar-refractivity contribution < 1.29 is 14.7 Å². The number of carboxylic acid groups (broad SMARTS) is 1. The minimum atomic E-state index is -0.901. The van der Waals surface area contributed by atoms with Crippen LogP contribution in [0.1, 0.15) is 26.7 Å². The normalized spacial score (nSPS) is 15.4. The van der Waals surface area contributed by atoms with Gasteiger partial charge >= 0.3 is 12.0 Å². The van der Waals surface area contributed by atoms with Gasteiger partial charge in [0.25, 0.3) is 0 Å². The third-order valence-electron chi connectivity index (χ3n) is 4.65. The smallest absolute Gasteiger partial charge is 0.317 e. The lowest BCUT2D eigenvalue weighted by Gasteiger charge is -2.35. The van der Waals surface area contributed by atoms with E-state index in [2.05, 4.69) is 14.7 Å². The number of carbonyl (C=O) groups excluding carboxylic acids is 1. The summed E-state index contributed by atoms with van der Waals surface area (Å²) < 4.78 is 3.96. The highest BCUT2D eigenvalue weighted by molar-refractivity contribution is 7.09. The summed E-state index contributed by atoms with van der Waals surface area (Å²) >= 11 is 1.24. The number of nitrogen functional groups attached to an aromatic ring is 1. The van der Waals surface area contributed by atoms with E-state index in [4.69, 9.17) is 5.73 Å². The molecule has 0 aliphatic carbocycles. The summed E-state index contributed by atoms with van der Waals surface area (Å²) in [5.41, 5.74) is 4.63. The van der Waals surface area contributed by atoms with Crippen molar-refractivity contribution in [2.45, 2.75) is 26.7 Å². The predicted molar refractivity (Wildman–Crippen MR) is 92.2 cm³/mol. The molecule has 1 saturated heterocycles. The maximum absolute atomic E-state index is 12.3. The second-order valence-corrected chi connectivity index (χ2v) is 6.59. The number of nitrogens with one attached hydrogen (secondary N) is 1. The quantitative estimate of drug-likeness (QED) is 0.690. The van der Waals surface area contributed by atoms with Crippen molar-refractivity contribution in [3.63, 3.8) is 0 Å². The highest BCUT2D eigenvalue weighted by Crippen LogP contribution is 2.26. The van der Waals surface area contributed by atoms with Gasteiger partial charge in [-0.25, -0.2) is 4.79 Å². The third kappa shape index (κ3) is 3.86. The topological polar surface area (TPSA) is 125 Å². The number of aliphatic carboxylic acids is 1. The van der Waals surface area contributed by atoms with Crippen molar-refractivity contribution in [1.29, 1.82) is 0 Å². The molecule has 1 aromatic heterocycles. The van der Waals surface area contributed by atoms with Crippen molar-refractivity contribution in [3.8, 4) is 0 Å². The number of hydrogen-bond acceptors (Lipinski definition) is 7. The number of piperazine rings is 1. The van der Waals surface area contributed by atoms with E-state index >= 15 is 0 Å². The van der Waals surface area contributed by atoms with Crippen molar-refractivity contribution in [2.75, 3.05) is 43.4 Å². The fourth-order valence-corrected chi connectivity index (χ4v) is 3.34. The first-order valence-electron chi connectivity index (χ1n) is 8.02. The summed E-state index contributed by atoms with van der Waals surface area (Å²) in [5.74, 6) is -0.606. The monoisotopic (exact) mass is 356 g/mol. The Bertz CT molecular complexity index is 581. The number of carbonyl (C=O) groups is 2. The first-order valence-corrected chi connectivity index (χ1v) is 8.79. The molecule has 2 heterocycles. The van der Waals surface area contributed by atoms with Crippen molar-refractivity contribution in [3.05, 3.63) is 0 Å². The molecule has 1 fully saturated rings. The van der Waals surface area contributed by atoms with Crippen molar-refractivity contribution in [1.82, 2.24) is 19.6 Å². The molecular formula is C14H24N6O3S. The highest BCUT2D eigenvalue weighted by atomic mass is 32.1. The van der Waals surface area contributed by atoms with Crippen LogP contribution in [0.2, 0.25) is 0 Å². The molecule has 0 atom stereocenters. The molecule has 0 spiro atoms. The van der Waals surface area contributed by atoms with E-state index in [0.717, 1.165) is 5.13 Å². The van der Waals surface area contributed by atoms with Crippen LogP contribution in [-0.2, 0) is 4.79 Å². The van der Waals surface area contributed by atoms with E-state index in [1.807, 2.05) is 18.7 Å². The molecule has 134 valence electrons. The number of anilines is 2. The molecule has 0 unspecified atom stereocenters. The Morgan fingerprint density at radius 2 is 1.92 bits per heavy atom. The highest BCUT2D eigenvalue weighted by Gasteiger charge is 2.35. The van der Waals surface area contributed by atoms with Gasteiger partial charge in [0.05, 0.1) is 5.41 Å². The van der Waals surface area contributed by atoms with Crippen LogP contribution in [0.5, 0.6) is 0 Å². The lowest BCUT2D eigenvalue weighted by molar-refractivity contribution is -0.149. The average Bonchev–Trinajstić information content (AvgIpc) is 3.02. The number of amides is 2. The zero-order chi connectivity index (χ0) is 17.7. The summed E-state index contributed by atoms with van der Waals surface area (Å²) in [5, 5.41) is 13.0. The zero-order valence-corrected chi connectivity index (χ0v) is 14.8. The van der Waals surface area contributed by atoms with Crippen LogP contribution in [0, 0.1) is 5.41 Å². The molecule has 0 aromatic carbocycles. The molecule has 2 amide bonds. The van der Waals surface area contributed by atoms with Crippen LogP contribution in [0.4, 0.5) is 15.9 Å². The average molecular weight is 356 g/mol. The van der Waals surface area contributed by atoms with Crippen molar-refractivity contribution >= 4 is 34.6 Å². The minimum Gasteiger partial charge on any atom is -0.481 e. The summed E-state index contributed by atoms with van der Waals surface area (Å²) in [6.07, 6.45) is 0.955. The summed E-state index contributed by atoms with van der Waals surface area (Å²) in [6, 6.07) is -0.223. The van der Waals surface area contributed by atoms with Crippen LogP contribution >= 0.6 is 11.5 Å². The number of hydrogen-bond donors (Lipinski definition) is 3. The molecule has 10 heteroatoms. The molecule has 1 aromatic rings. The minimum absolute atomic E-state index is 0.140. The molecule has 0 radical (unpaired) electrons. The Kier molecular flexibility index (Phi) is 5.81. The molecule has 4 N–H and O–H groups in total. The second-order valence-electron chi connectivity index (χ2n) is 5.86. The van der Waals surface area contributed by atoms with E-state index in [-0.39, 0.29) is 18.5 Å². The number of nitrogens with two attached hydrogens (primary N) is 1. The molecule has 1 aliphatic rings. The maximum Gasteiger partial charge on any atom is 0.317 e. The Morgan fingerprint density at radius 3 is 2.38 bits per heavy atom. The van der Waals surface area contributed by atoms with Crippen LogP contribution in [0.15, 0.2) is 0 Å². The van der Waals surface area contributed by atoms with Gasteiger partial charge in [0, 0.05) is 44.3 Å². The number of urea groups is 1. The van der Waals surface area contributed by atoms with Gasteiger partial charge in [-0.1, -0.05) is 13.8 Å². The fraction of sp³-hybridized carbons (Fsp3) is 0.714. The van der Waals surface area contributed by atoms with Gasteiger partial charge in [-0.05, 0) is 12.8 Å². The summed E-state index contributed by atoms with van der Waals surface area (Å²) in [6.45, 7) is 6.18. The Balaban J connectivity index is 1.85. The largest absolute Gasteiger partial charge is 0.481 e. The summed E-state index contributed by atoms with van der Waals surface area (Å²) in [7, 11) is 0. The van der Waals surface area contributed by atoms with E-state index < -0.39 is 11.4 Å².